The molecule has 16 heavy (non-hydrogen) atoms. The van der Waals surface area contributed by atoms with Crippen molar-refractivity contribution in [3.63, 3.8) is 0 Å². The Morgan fingerprint density at radius 3 is 3.00 bits per heavy atom. The highest BCUT2D eigenvalue weighted by atomic mass is 14.9. The van der Waals surface area contributed by atoms with Gasteiger partial charge in [-0.25, -0.2) is 0 Å². The lowest BCUT2D eigenvalue weighted by atomic mass is 10.0. The summed E-state index contributed by atoms with van der Waals surface area (Å²) in [5.41, 5.74) is 2.42. The topological polar surface area (TPSA) is 24.9 Å². The molecule has 0 saturated heterocycles. The third-order valence-corrected chi connectivity index (χ3v) is 2.62. The monoisotopic (exact) mass is 218 g/mol. The molecule has 1 rings (SSSR count). The zero-order chi connectivity index (χ0) is 11.8. The van der Waals surface area contributed by atoms with Gasteiger partial charge in [0.05, 0.1) is 0 Å². The lowest BCUT2D eigenvalue weighted by molar-refractivity contribution is 0.502. The van der Waals surface area contributed by atoms with Crippen molar-refractivity contribution >= 4 is 0 Å². The van der Waals surface area contributed by atoms with E-state index in [0.29, 0.717) is 6.04 Å². The minimum atomic E-state index is 0.430. The molecule has 1 atom stereocenters. The average Bonchev–Trinajstić information content (AvgIpc) is 2.29. The number of hydrogen-bond donors (Lipinski definition) is 1. The fourth-order valence-electron chi connectivity index (χ4n) is 1.77. The maximum Gasteiger partial charge on any atom is 0.0375 e. The van der Waals surface area contributed by atoms with Crippen molar-refractivity contribution in [3.8, 4) is 0 Å². The molecule has 2 heteroatoms. The van der Waals surface area contributed by atoms with Crippen LogP contribution in [0, 0.1) is 6.92 Å². The standard InChI is InChI=1S/C14H22N2/c1-4-6-7-14(16-9-5-2)13-8-10-15-12(3)11-13/h4,8,10-11,14,16H,1,5-7,9H2,2-3H3. The number of pyridine rings is 1. The van der Waals surface area contributed by atoms with Crippen LogP contribution in [0.1, 0.15) is 43.5 Å². The molecule has 1 N–H and O–H groups in total. The molecule has 0 saturated carbocycles. The van der Waals surface area contributed by atoms with E-state index < -0.39 is 0 Å². The largest absolute Gasteiger partial charge is 0.310 e. The molecule has 0 aromatic carbocycles. The highest BCUT2D eigenvalue weighted by molar-refractivity contribution is 5.19. The van der Waals surface area contributed by atoms with Crippen LogP contribution in [0.5, 0.6) is 0 Å². The lowest BCUT2D eigenvalue weighted by Gasteiger charge is -2.18. The van der Waals surface area contributed by atoms with E-state index in [9.17, 15) is 0 Å². The van der Waals surface area contributed by atoms with Gasteiger partial charge in [0.25, 0.3) is 0 Å². The van der Waals surface area contributed by atoms with Crippen molar-refractivity contribution < 1.29 is 0 Å². The van der Waals surface area contributed by atoms with Gasteiger partial charge in [0.15, 0.2) is 0 Å². The first kappa shape index (κ1) is 12.9. The molecule has 0 aliphatic rings. The van der Waals surface area contributed by atoms with Gasteiger partial charge in [-0.2, -0.15) is 0 Å². The molecule has 1 heterocycles. The molecule has 88 valence electrons. The van der Waals surface area contributed by atoms with Crippen LogP contribution in [0.3, 0.4) is 0 Å². The predicted molar refractivity (Wildman–Crippen MR) is 69.4 cm³/mol. The van der Waals surface area contributed by atoms with Crippen LogP contribution in [0.15, 0.2) is 31.0 Å². The Kier molecular flexibility index (Phi) is 5.79. The number of nitrogens with zero attached hydrogens (tertiary/aromatic N) is 1. The quantitative estimate of drug-likeness (QED) is 0.709. The summed E-state index contributed by atoms with van der Waals surface area (Å²) in [5.74, 6) is 0. The number of hydrogen-bond acceptors (Lipinski definition) is 2. The first-order chi connectivity index (χ1) is 7.77. The van der Waals surface area contributed by atoms with Crippen molar-refractivity contribution in [2.24, 2.45) is 0 Å². The van der Waals surface area contributed by atoms with E-state index in [1.807, 2.05) is 19.2 Å². The van der Waals surface area contributed by atoms with E-state index in [-0.39, 0.29) is 0 Å². The van der Waals surface area contributed by atoms with Gasteiger partial charge in [0, 0.05) is 17.9 Å². The number of aryl methyl sites for hydroxylation is 1. The van der Waals surface area contributed by atoms with Crippen LogP contribution in [0.2, 0.25) is 0 Å². The van der Waals surface area contributed by atoms with Crippen molar-refractivity contribution in [2.45, 2.75) is 39.2 Å². The van der Waals surface area contributed by atoms with Crippen LogP contribution < -0.4 is 5.32 Å². The summed E-state index contributed by atoms with van der Waals surface area (Å²) in [4.78, 5) is 4.23. The predicted octanol–water partition coefficient (Wildman–Crippen LogP) is 3.40. The maximum atomic E-state index is 4.23. The van der Waals surface area contributed by atoms with Crippen molar-refractivity contribution in [1.82, 2.24) is 10.3 Å². The maximum absolute atomic E-state index is 4.23. The summed E-state index contributed by atoms with van der Waals surface area (Å²) in [6.45, 7) is 9.07. The van der Waals surface area contributed by atoms with E-state index in [0.717, 1.165) is 31.5 Å². The van der Waals surface area contributed by atoms with Gasteiger partial charge in [0.2, 0.25) is 0 Å². The van der Waals surface area contributed by atoms with Gasteiger partial charge in [-0.1, -0.05) is 13.0 Å². The molecular formula is C14H22N2. The Hall–Kier alpha value is -1.15. The van der Waals surface area contributed by atoms with Gasteiger partial charge in [-0.15, -0.1) is 6.58 Å². The van der Waals surface area contributed by atoms with Gasteiger partial charge < -0.3 is 5.32 Å². The first-order valence-corrected chi connectivity index (χ1v) is 6.04. The third kappa shape index (κ3) is 4.15. The lowest BCUT2D eigenvalue weighted by Crippen LogP contribution is -2.22. The molecule has 0 spiro atoms. The van der Waals surface area contributed by atoms with E-state index >= 15 is 0 Å². The van der Waals surface area contributed by atoms with Crippen LogP contribution in [0.25, 0.3) is 0 Å². The second kappa shape index (κ2) is 7.18. The van der Waals surface area contributed by atoms with Crippen molar-refractivity contribution in [1.29, 1.82) is 0 Å². The molecule has 1 unspecified atom stereocenters. The molecule has 1 aromatic rings. The van der Waals surface area contributed by atoms with Gasteiger partial charge in [-0.3, -0.25) is 4.98 Å². The second-order valence-electron chi connectivity index (χ2n) is 4.10. The Balaban J connectivity index is 2.69. The molecule has 0 fully saturated rings. The Morgan fingerprint density at radius 2 is 2.38 bits per heavy atom. The summed E-state index contributed by atoms with van der Waals surface area (Å²) < 4.78 is 0. The Bertz CT molecular complexity index is 320. The van der Waals surface area contributed by atoms with Gasteiger partial charge in [-0.05, 0) is 50.4 Å². The minimum absolute atomic E-state index is 0.430. The molecule has 1 aromatic heterocycles. The smallest absolute Gasteiger partial charge is 0.0375 e. The molecular weight excluding hydrogens is 196 g/mol. The molecule has 0 radical (unpaired) electrons. The van der Waals surface area contributed by atoms with Crippen LogP contribution in [0.4, 0.5) is 0 Å². The highest BCUT2D eigenvalue weighted by Crippen LogP contribution is 2.18. The highest BCUT2D eigenvalue weighted by Gasteiger charge is 2.09. The van der Waals surface area contributed by atoms with Crippen molar-refractivity contribution in [3.05, 3.63) is 42.2 Å². The molecule has 2 nitrogen and oxygen atoms in total. The number of nitrogens with one attached hydrogen (secondary N) is 1. The average molecular weight is 218 g/mol. The SMILES string of the molecule is C=CCCC(NCCC)c1ccnc(C)c1. The summed E-state index contributed by atoms with van der Waals surface area (Å²) in [7, 11) is 0. The number of aromatic nitrogens is 1. The summed E-state index contributed by atoms with van der Waals surface area (Å²) >= 11 is 0. The Labute approximate surface area is 98.8 Å². The summed E-state index contributed by atoms with van der Waals surface area (Å²) in [6, 6.07) is 4.69. The van der Waals surface area contributed by atoms with Gasteiger partial charge >= 0.3 is 0 Å². The fraction of sp³-hybridized carbons (Fsp3) is 0.500. The Morgan fingerprint density at radius 1 is 1.56 bits per heavy atom. The summed E-state index contributed by atoms with van der Waals surface area (Å²) in [6.07, 6.45) is 7.18. The van der Waals surface area contributed by atoms with Crippen LogP contribution in [-0.4, -0.2) is 11.5 Å². The zero-order valence-corrected chi connectivity index (χ0v) is 10.4. The van der Waals surface area contributed by atoms with Crippen LogP contribution in [-0.2, 0) is 0 Å². The van der Waals surface area contributed by atoms with E-state index in [4.69, 9.17) is 0 Å². The summed E-state index contributed by atoms with van der Waals surface area (Å²) in [5, 5.41) is 3.57. The molecule has 0 bridgehead atoms. The molecule has 0 aliphatic carbocycles. The van der Waals surface area contributed by atoms with E-state index in [1.54, 1.807) is 0 Å². The van der Waals surface area contributed by atoms with E-state index in [1.165, 1.54) is 5.56 Å². The first-order valence-electron chi connectivity index (χ1n) is 6.04. The fourth-order valence-corrected chi connectivity index (χ4v) is 1.77. The van der Waals surface area contributed by atoms with Crippen LogP contribution >= 0.6 is 0 Å². The van der Waals surface area contributed by atoms with E-state index in [2.05, 4.69) is 35.9 Å². The van der Waals surface area contributed by atoms with Crippen molar-refractivity contribution in [2.75, 3.05) is 6.54 Å². The molecule has 0 amide bonds. The normalized spacial score (nSPS) is 12.4. The van der Waals surface area contributed by atoms with Gasteiger partial charge in [0.1, 0.15) is 0 Å². The second-order valence-corrected chi connectivity index (χ2v) is 4.10. The number of allylic oxidation sites excluding steroid dienone is 1. The zero-order valence-electron chi connectivity index (χ0n) is 10.4. The number of rotatable bonds is 7. The minimum Gasteiger partial charge on any atom is -0.310 e. The molecule has 0 aliphatic heterocycles. The third-order valence-electron chi connectivity index (χ3n) is 2.62.